The Hall–Kier alpha value is -3.44. The number of carbonyl (C=O) groups excluding carboxylic acids is 3. The topological polar surface area (TPSA) is 112 Å². The maximum atomic E-state index is 13.9. The van der Waals surface area contributed by atoms with Gasteiger partial charge >= 0.3 is 5.97 Å². The van der Waals surface area contributed by atoms with E-state index in [-0.39, 0.29) is 42.8 Å². The highest BCUT2D eigenvalue weighted by Crippen LogP contribution is 2.48. The van der Waals surface area contributed by atoms with E-state index in [1.165, 1.54) is 18.2 Å². The molecule has 2 amide bonds. The van der Waals surface area contributed by atoms with Crippen LogP contribution in [0.5, 0.6) is 11.5 Å². The van der Waals surface area contributed by atoms with Crippen LogP contribution in [0.2, 0.25) is 5.02 Å². The largest absolute Gasteiger partial charge is 0.484 e. The van der Waals surface area contributed by atoms with Crippen LogP contribution in [0, 0.1) is 18.6 Å². The average molecular weight is 595 g/mol. The molecule has 3 aliphatic carbocycles. The number of carbonyl (C=O) groups is 3. The Balaban J connectivity index is 1.40. The maximum Gasteiger partial charge on any atom is 0.332 e. The molecule has 0 spiro atoms. The summed E-state index contributed by atoms with van der Waals surface area (Å²) in [5.41, 5.74) is -1.10. The summed E-state index contributed by atoms with van der Waals surface area (Å²) >= 11 is 5.69. The van der Waals surface area contributed by atoms with E-state index in [4.69, 9.17) is 30.5 Å². The third kappa shape index (κ3) is 7.65. The van der Waals surface area contributed by atoms with E-state index in [1.54, 1.807) is 26.0 Å². The zero-order valence-corrected chi connectivity index (χ0v) is 23.7. The summed E-state index contributed by atoms with van der Waals surface area (Å²) in [7, 11) is 0. The summed E-state index contributed by atoms with van der Waals surface area (Å²) in [6, 6.07) is 8.24. The second-order valence-corrected chi connectivity index (χ2v) is 10.8. The number of hydrogen-bond acceptors (Lipinski definition) is 7. The summed E-state index contributed by atoms with van der Waals surface area (Å²) in [5, 5.41) is 5.95. The van der Waals surface area contributed by atoms with Crippen molar-refractivity contribution in [2.75, 3.05) is 26.4 Å². The Bertz CT molecular complexity index is 1280. The first-order chi connectivity index (χ1) is 19.5. The van der Waals surface area contributed by atoms with Crippen LogP contribution >= 0.6 is 11.6 Å². The minimum absolute atomic E-state index is 0.0544. The number of rotatable bonds is 12. The van der Waals surface area contributed by atoms with Gasteiger partial charge in [0.05, 0.1) is 10.6 Å². The first-order valence-electron chi connectivity index (χ1n) is 13.4. The fraction of sp³-hybridized carbons (Fsp3) is 0.483. The molecular formula is C29H33ClF2N2O7. The van der Waals surface area contributed by atoms with Crippen LogP contribution in [0.1, 0.15) is 44.6 Å². The fourth-order valence-electron chi connectivity index (χ4n) is 5.34. The molecule has 0 saturated heterocycles. The molecule has 2 aromatic carbocycles. The lowest BCUT2D eigenvalue weighted by Gasteiger charge is -2.57. The van der Waals surface area contributed by atoms with Gasteiger partial charge in [0.1, 0.15) is 35.8 Å². The number of amides is 2. The molecule has 3 saturated carbocycles. The summed E-state index contributed by atoms with van der Waals surface area (Å²) in [6.07, 6.45) is 1.39. The van der Waals surface area contributed by atoms with Crippen LogP contribution in [0.3, 0.4) is 0 Å². The van der Waals surface area contributed by atoms with Crippen LogP contribution < -0.4 is 20.1 Å². The Kier molecular flexibility index (Phi) is 9.70. The molecule has 9 nitrogen and oxygen atoms in total. The van der Waals surface area contributed by atoms with E-state index in [0.717, 1.165) is 6.07 Å². The number of esters is 1. The Morgan fingerprint density at radius 3 is 2.12 bits per heavy atom. The van der Waals surface area contributed by atoms with Crippen molar-refractivity contribution in [3.8, 4) is 11.5 Å². The van der Waals surface area contributed by atoms with Crippen LogP contribution in [0.4, 0.5) is 8.78 Å². The summed E-state index contributed by atoms with van der Waals surface area (Å²) in [4.78, 5) is 38.3. The van der Waals surface area contributed by atoms with E-state index < -0.39 is 46.6 Å². The number of aryl methyl sites for hydroxylation is 1. The lowest BCUT2D eigenvalue weighted by atomic mass is 9.59. The van der Waals surface area contributed by atoms with Crippen molar-refractivity contribution in [2.45, 2.75) is 63.1 Å². The molecule has 3 aliphatic rings. The van der Waals surface area contributed by atoms with Crippen molar-refractivity contribution in [2.24, 2.45) is 0 Å². The number of nitrogens with one attached hydrogen (secondary N) is 2. The van der Waals surface area contributed by atoms with Crippen molar-refractivity contribution >= 4 is 29.4 Å². The van der Waals surface area contributed by atoms with E-state index >= 15 is 0 Å². The van der Waals surface area contributed by atoms with Gasteiger partial charge in [-0.15, -0.1) is 0 Å². The van der Waals surface area contributed by atoms with Crippen molar-refractivity contribution < 1.29 is 42.1 Å². The monoisotopic (exact) mass is 594 g/mol. The molecule has 2 bridgehead atoms. The first-order valence-corrected chi connectivity index (χ1v) is 13.8. The molecule has 0 unspecified atom stereocenters. The number of ether oxygens (including phenoxy) is 4. The SMILES string of the molecule is CCOCC(=O)O[C@H]1CC2(NC(=O)COc3ccc(Cl)c(F)c3)CCC1(NC(=O)COc1ccc(C)c(F)c1)CC2. The summed E-state index contributed by atoms with van der Waals surface area (Å²) in [5.74, 6) is -2.17. The lowest BCUT2D eigenvalue weighted by Crippen LogP contribution is -2.71. The van der Waals surface area contributed by atoms with Crippen molar-refractivity contribution in [3.63, 3.8) is 0 Å². The van der Waals surface area contributed by atoms with Gasteiger partial charge in [-0.05, 0) is 63.3 Å². The van der Waals surface area contributed by atoms with Crippen molar-refractivity contribution in [3.05, 3.63) is 58.6 Å². The minimum atomic E-state index is -0.870. The third-order valence-corrected chi connectivity index (χ3v) is 7.86. The molecule has 41 heavy (non-hydrogen) atoms. The smallest absolute Gasteiger partial charge is 0.332 e. The van der Waals surface area contributed by atoms with E-state index in [9.17, 15) is 23.2 Å². The van der Waals surface area contributed by atoms with Gasteiger partial charge in [0.15, 0.2) is 13.2 Å². The second-order valence-electron chi connectivity index (χ2n) is 10.4. The van der Waals surface area contributed by atoms with Crippen LogP contribution in [-0.2, 0) is 23.9 Å². The Morgan fingerprint density at radius 1 is 0.902 bits per heavy atom. The number of benzene rings is 2. The Labute approximate surface area is 241 Å². The van der Waals surface area contributed by atoms with Gasteiger partial charge in [0.2, 0.25) is 0 Å². The first kappa shape index (κ1) is 30.5. The molecule has 0 heterocycles. The van der Waals surface area contributed by atoms with Gasteiger partial charge in [-0.1, -0.05) is 17.7 Å². The zero-order valence-electron chi connectivity index (χ0n) is 22.9. The van der Waals surface area contributed by atoms with E-state index in [2.05, 4.69) is 10.6 Å². The molecule has 0 aromatic heterocycles. The average Bonchev–Trinajstić information content (AvgIpc) is 2.94. The lowest BCUT2D eigenvalue weighted by molar-refractivity contribution is -0.171. The van der Waals surface area contributed by atoms with E-state index in [1.807, 2.05) is 0 Å². The number of halogens is 3. The molecule has 12 heteroatoms. The molecule has 5 rings (SSSR count). The molecule has 0 aliphatic heterocycles. The van der Waals surface area contributed by atoms with Gasteiger partial charge in [-0.3, -0.25) is 9.59 Å². The van der Waals surface area contributed by atoms with Gasteiger partial charge in [-0.2, -0.15) is 0 Å². The van der Waals surface area contributed by atoms with Crippen LogP contribution in [-0.4, -0.2) is 61.4 Å². The predicted molar refractivity (Wildman–Crippen MR) is 145 cm³/mol. The second kappa shape index (κ2) is 13.0. The highest BCUT2D eigenvalue weighted by atomic mass is 35.5. The zero-order chi connectivity index (χ0) is 29.6. The minimum Gasteiger partial charge on any atom is -0.484 e. The van der Waals surface area contributed by atoms with E-state index in [0.29, 0.717) is 37.9 Å². The highest BCUT2D eigenvalue weighted by molar-refractivity contribution is 6.30. The molecule has 3 fully saturated rings. The molecule has 2 N–H and O–H groups in total. The molecule has 1 atom stereocenters. The van der Waals surface area contributed by atoms with Gasteiger partial charge in [0.25, 0.3) is 11.8 Å². The quantitative estimate of drug-likeness (QED) is 0.357. The Morgan fingerprint density at radius 2 is 1.51 bits per heavy atom. The highest BCUT2D eigenvalue weighted by Gasteiger charge is 2.57. The molecule has 222 valence electrons. The van der Waals surface area contributed by atoms with Gasteiger partial charge < -0.3 is 29.6 Å². The summed E-state index contributed by atoms with van der Waals surface area (Å²) < 4.78 is 49.4. The van der Waals surface area contributed by atoms with Crippen molar-refractivity contribution in [1.82, 2.24) is 10.6 Å². The van der Waals surface area contributed by atoms with Crippen LogP contribution in [0.15, 0.2) is 36.4 Å². The van der Waals surface area contributed by atoms with Crippen molar-refractivity contribution in [1.29, 1.82) is 0 Å². The standard InChI is InChI=1S/C29H33ClF2N2O7/c1-3-38-17-27(37)41-24-14-28(33-25(35)15-39-20-6-7-21(30)23(32)13-20)8-10-29(24,11-9-28)34-26(36)16-40-19-5-4-18(2)22(31)12-19/h4-7,12-13,24H,3,8-11,14-17H2,1-2H3,(H,33,35)(H,34,36)/t24-,28?,29?/m0/s1. The normalized spacial score (nSPS) is 23.0. The number of fused-ring (bicyclic) bond motifs is 3. The number of hydrogen-bond donors (Lipinski definition) is 2. The predicted octanol–water partition coefficient (Wildman–Crippen LogP) is 4.02. The molecule has 2 aromatic rings. The van der Waals surface area contributed by atoms with Gasteiger partial charge in [-0.25, -0.2) is 13.6 Å². The fourth-order valence-corrected chi connectivity index (χ4v) is 5.46. The summed E-state index contributed by atoms with van der Waals surface area (Å²) in [6.45, 7) is 2.76. The molecular weight excluding hydrogens is 562 g/mol. The van der Waals surface area contributed by atoms with Gasteiger partial charge in [0, 0.05) is 30.7 Å². The maximum absolute atomic E-state index is 13.9. The molecule has 0 radical (unpaired) electrons. The van der Waals surface area contributed by atoms with Crippen LogP contribution in [0.25, 0.3) is 0 Å². The third-order valence-electron chi connectivity index (χ3n) is 7.56.